The predicted octanol–water partition coefficient (Wildman–Crippen LogP) is 1.12. The molecule has 1 saturated heterocycles. The molecule has 0 aromatic carbocycles. The summed E-state index contributed by atoms with van der Waals surface area (Å²) < 4.78 is 0. The predicted molar refractivity (Wildman–Crippen MR) is 78.3 cm³/mol. The molecule has 1 aromatic rings. The highest BCUT2D eigenvalue weighted by Crippen LogP contribution is 2.15. The minimum atomic E-state index is 0.567. The molecule has 106 valence electrons. The topological polar surface area (TPSA) is 44.3 Å². The molecule has 19 heavy (non-hydrogen) atoms. The average Bonchev–Trinajstić information content (AvgIpc) is 2.43. The molecule has 2 heterocycles. The first-order valence-corrected chi connectivity index (χ1v) is 7.17. The lowest BCUT2D eigenvalue weighted by atomic mass is 10.2. The molecule has 1 aliphatic rings. The van der Waals surface area contributed by atoms with Crippen molar-refractivity contribution < 1.29 is 0 Å². The molecule has 0 aliphatic carbocycles. The van der Waals surface area contributed by atoms with Gasteiger partial charge in [0.25, 0.3) is 0 Å². The lowest BCUT2D eigenvalue weighted by molar-refractivity contribution is 0.233. The van der Waals surface area contributed by atoms with Crippen LogP contribution in [0.2, 0.25) is 0 Å². The maximum atomic E-state index is 4.71. The van der Waals surface area contributed by atoms with E-state index in [1.807, 2.05) is 12.4 Å². The molecular weight excluding hydrogens is 238 g/mol. The van der Waals surface area contributed by atoms with Crippen molar-refractivity contribution in [1.29, 1.82) is 0 Å². The second-order valence-electron chi connectivity index (χ2n) is 5.32. The van der Waals surface area contributed by atoms with Crippen LogP contribution in [0.1, 0.15) is 26.0 Å². The molecule has 1 atom stereocenters. The first kappa shape index (κ1) is 14.2. The van der Waals surface area contributed by atoms with Crippen molar-refractivity contribution in [3.63, 3.8) is 0 Å². The molecule has 2 rings (SSSR count). The molecule has 5 nitrogen and oxygen atoms in total. The molecule has 0 amide bonds. The summed E-state index contributed by atoms with van der Waals surface area (Å²) in [6, 6.07) is 0.567. The number of aromatic nitrogens is 2. The van der Waals surface area contributed by atoms with Gasteiger partial charge in [-0.25, -0.2) is 4.98 Å². The van der Waals surface area contributed by atoms with Crippen molar-refractivity contribution in [2.45, 2.75) is 32.9 Å². The Morgan fingerprint density at radius 3 is 2.95 bits per heavy atom. The van der Waals surface area contributed by atoms with Crippen LogP contribution in [0, 0.1) is 0 Å². The Bertz CT molecular complexity index is 395. The Balaban J connectivity index is 1.98. The summed E-state index contributed by atoms with van der Waals surface area (Å²) in [4.78, 5) is 13.8. The smallest absolute Gasteiger partial charge is 0.147 e. The van der Waals surface area contributed by atoms with E-state index in [1.165, 1.54) is 0 Å². The fourth-order valence-corrected chi connectivity index (χ4v) is 2.28. The van der Waals surface area contributed by atoms with E-state index in [2.05, 4.69) is 41.0 Å². The second kappa shape index (κ2) is 6.82. The fourth-order valence-electron chi connectivity index (χ4n) is 2.28. The molecule has 1 fully saturated rings. The second-order valence-corrected chi connectivity index (χ2v) is 5.32. The number of nitrogens with zero attached hydrogens (tertiary/aromatic N) is 4. The number of hydrogen-bond acceptors (Lipinski definition) is 5. The lowest BCUT2D eigenvalue weighted by Crippen LogP contribution is -2.50. The van der Waals surface area contributed by atoms with Crippen molar-refractivity contribution in [2.75, 3.05) is 38.1 Å². The summed E-state index contributed by atoms with van der Waals surface area (Å²) >= 11 is 0. The van der Waals surface area contributed by atoms with Gasteiger partial charge in [-0.1, -0.05) is 6.92 Å². The van der Waals surface area contributed by atoms with Crippen LogP contribution < -0.4 is 10.2 Å². The first-order chi connectivity index (χ1) is 9.20. The van der Waals surface area contributed by atoms with Crippen molar-refractivity contribution in [3.05, 3.63) is 18.1 Å². The number of nitrogens with one attached hydrogen (secondary N) is 1. The number of anilines is 1. The van der Waals surface area contributed by atoms with Gasteiger partial charge in [-0.2, -0.15) is 0 Å². The van der Waals surface area contributed by atoms with Gasteiger partial charge >= 0.3 is 0 Å². The van der Waals surface area contributed by atoms with Gasteiger partial charge < -0.3 is 15.1 Å². The third kappa shape index (κ3) is 3.88. The standard InChI is InChI=1S/C14H25N5/c1-4-5-15-8-13-9-16-10-14(17-13)19-7-6-18(3)12(2)11-19/h9-10,12,15H,4-8,11H2,1-3H3. The zero-order chi connectivity index (χ0) is 13.7. The van der Waals surface area contributed by atoms with Crippen molar-refractivity contribution >= 4 is 5.82 Å². The molecule has 0 bridgehead atoms. The van der Waals surface area contributed by atoms with Gasteiger partial charge in [-0.05, 0) is 26.9 Å². The fraction of sp³-hybridized carbons (Fsp3) is 0.714. The van der Waals surface area contributed by atoms with Crippen LogP contribution in [0.3, 0.4) is 0 Å². The quantitative estimate of drug-likeness (QED) is 0.807. The molecular formula is C14H25N5. The molecule has 0 saturated carbocycles. The largest absolute Gasteiger partial charge is 0.352 e. The van der Waals surface area contributed by atoms with Gasteiger partial charge in [0.15, 0.2) is 0 Å². The van der Waals surface area contributed by atoms with E-state index in [1.54, 1.807) is 0 Å². The van der Waals surface area contributed by atoms with Gasteiger partial charge in [0.2, 0.25) is 0 Å². The highest BCUT2D eigenvalue weighted by molar-refractivity contribution is 5.37. The third-order valence-corrected chi connectivity index (χ3v) is 3.69. The lowest BCUT2D eigenvalue weighted by Gasteiger charge is -2.38. The number of hydrogen-bond donors (Lipinski definition) is 1. The van der Waals surface area contributed by atoms with Gasteiger partial charge in [0.1, 0.15) is 5.82 Å². The molecule has 1 N–H and O–H groups in total. The van der Waals surface area contributed by atoms with Crippen LogP contribution in [0.25, 0.3) is 0 Å². The van der Waals surface area contributed by atoms with Crippen molar-refractivity contribution in [2.24, 2.45) is 0 Å². The van der Waals surface area contributed by atoms with Crippen LogP contribution in [-0.2, 0) is 6.54 Å². The van der Waals surface area contributed by atoms with E-state index in [0.717, 1.165) is 50.7 Å². The minimum absolute atomic E-state index is 0.567. The maximum absolute atomic E-state index is 4.71. The monoisotopic (exact) mass is 263 g/mol. The number of likely N-dealkylation sites (N-methyl/N-ethyl adjacent to an activating group) is 1. The van der Waals surface area contributed by atoms with Gasteiger partial charge in [-0.3, -0.25) is 4.98 Å². The SMILES string of the molecule is CCCNCc1cncc(N2CCN(C)C(C)C2)n1. The summed E-state index contributed by atoms with van der Waals surface area (Å²) in [7, 11) is 2.18. The summed E-state index contributed by atoms with van der Waals surface area (Å²) in [5.74, 6) is 1.01. The van der Waals surface area contributed by atoms with Crippen LogP contribution >= 0.6 is 0 Å². The van der Waals surface area contributed by atoms with Gasteiger partial charge in [0.05, 0.1) is 11.9 Å². The molecule has 1 aromatic heterocycles. The van der Waals surface area contributed by atoms with Gasteiger partial charge in [0, 0.05) is 38.4 Å². The summed E-state index contributed by atoms with van der Waals surface area (Å²) in [5.41, 5.74) is 1.03. The van der Waals surface area contributed by atoms with E-state index in [0.29, 0.717) is 6.04 Å². The summed E-state index contributed by atoms with van der Waals surface area (Å²) in [5, 5.41) is 3.37. The van der Waals surface area contributed by atoms with E-state index in [-0.39, 0.29) is 0 Å². The number of piperazine rings is 1. The Kier molecular flexibility index (Phi) is 5.10. The summed E-state index contributed by atoms with van der Waals surface area (Å²) in [6.07, 6.45) is 4.87. The normalized spacial score (nSPS) is 20.8. The average molecular weight is 263 g/mol. The molecule has 1 aliphatic heterocycles. The zero-order valence-electron chi connectivity index (χ0n) is 12.3. The Morgan fingerprint density at radius 2 is 2.21 bits per heavy atom. The van der Waals surface area contributed by atoms with Crippen LogP contribution in [0.4, 0.5) is 5.82 Å². The van der Waals surface area contributed by atoms with Crippen LogP contribution in [-0.4, -0.2) is 54.1 Å². The number of rotatable bonds is 5. The molecule has 1 unspecified atom stereocenters. The molecule has 0 radical (unpaired) electrons. The van der Waals surface area contributed by atoms with Crippen LogP contribution in [0.15, 0.2) is 12.4 Å². The highest BCUT2D eigenvalue weighted by Gasteiger charge is 2.21. The van der Waals surface area contributed by atoms with E-state index >= 15 is 0 Å². The van der Waals surface area contributed by atoms with Crippen LogP contribution in [0.5, 0.6) is 0 Å². The van der Waals surface area contributed by atoms with E-state index < -0.39 is 0 Å². The van der Waals surface area contributed by atoms with E-state index in [9.17, 15) is 0 Å². The Morgan fingerprint density at radius 1 is 1.37 bits per heavy atom. The molecule has 0 spiro atoms. The zero-order valence-corrected chi connectivity index (χ0v) is 12.3. The van der Waals surface area contributed by atoms with Crippen molar-refractivity contribution in [1.82, 2.24) is 20.2 Å². The van der Waals surface area contributed by atoms with E-state index in [4.69, 9.17) is 4.98 Å². The Labute approximate surface area is 116 Å². The maximum Gasteiger partial charge on any atom is 0.147 e. The summed E-state index contributed by atoms with van der Waals surface area (Å²) in [6.45, 7) is 9.39. The highest BCUT2D eigenvalue weighted by atomic mass is 15.3. The molecule has 5 heteroatoms. The van der Waals surface area contributed by atoms with Gasteiger partial charge in [-0.15, -0.1) is 0 Å². The first-order valence-electron chi connectivity index (χ1n) is 7.17. The third-order valence-electron chi connectivity index (χ3n) is 3.69. The Hall–Kier alpha value is -1.20. The van der Waals surface area contributed by atoms with Crippen molar-refractivity contribution in [3.8, 4) is 0 Å². The minimum Gasteiger partial charge on any atom is -0.352 e.